The Kier molecular flexibility index (Phi) is 3.08. The molecule has 0 aliphatic rings. The largest absolute Gasteiger partial charge is 0.369 e. The van der Waals surface area contributed by atoms with Gasteiger partial charge in [0.25, 0.3) is 0 Å². The number of aromatic nitrogens is 2. The summed E-state index contributed by atoms with van der Waals surface area (Å²) in [4.78, 5) is 3.99. The normalized spacial score (nSPS) is 11.2. The second kappa shape index (κ2) is 4.65. The van der Waals surface area contributed by atoms with Crippen molar-refractivity contribution in [2.75, 3.05) is 5.73 Å². The zero-order valence-electron chi connectivity index (χ0n) is 9.87. The number of rotatable bonds is 1. The zero-order chi connectivity index (χ0) is 14.4. The summed E-state index contributed by atoms with van der Waals surface area (Å²) < 4.78 is 42.3. The Morgan fingerprint density at radius 1 is 1.10 bits per heavy atom. The van der Waals surface area contributed by atoms with E-state index in [0.29, 0.717) is 9.26 Å². The maximum absolute atomic E-state index is 14.0. The summed E-state index contributed by atoms with van der Waals surface area (Å²) in [7, 11) is 0. The van der Waals surface area contributed by atoms with Crippen LogP contribution in [0.15, 0.2) is 30.3 Å². The van der Waals surface area contributed by atoms with Crippen molar-refractivity contribution in [3.05, 3.63) is 51.4 Å². The van der Waals surface area contributed by atoms with E-state index in [4.69, 9.17) is 5.73 Å². The molecule has 0 atom stereocenters. The molecule has 0 fully saturated rings. The standard InChI is InChI=1S/C13H7F3IN3/c14-6-1-4-10(8(17)5-6)20-12-9(19-13(20)18)3-2-7(15)11(12)16/h1-5H,(H2,18,19). The first-order valence-electron chi connectivity index (χ1n) is 5.56. The van der Waals surface area contributed by atoms with Crippen molar-refractivity contribution in [2.24, 2.45) is 0 Å². The highest BCUT2D eigenvalue weighted by atomic mass is 127. The molecule has 0 bridgehead atoms. The molecular weight excluding hydrogens is 382 g/mol. The fourth-order valence-electron chi connectivity index (χ4n) is 2.03. The molecule has 0 spiro atoms. The van der Waals surface area contributed by atoms with Gasteiger partial charge in [-0.2, -0.15) is 0 Å². The summed E-state index contributed by atoms with van der Waals surface area (Å²) in [5.74, 6) is -2.44. The van der Waals surface area contributed by atoms with Gasteiger partial charge < -0.3 is 5.73 Å². The molecule has 20 heavy (non-hydrogen) atoms. The predicted octanol–water partition coefficient (Wildman–Crippen LogP) is 3.63. The summed E-state index contributed by atoms with van der Waals surface area (Å²) in [6.45, 7) is 0. The van der Waals surface area contributed by atoms with Crippen LogP contribution in [0.5, 0.6) is 0 Å². The van der Waals surface area contributed by atoms with Crippen molar-refractivity contribution >= 4 is 39.6 Å². The third kappa shape index (κ3) is 1.92. The number of nitrogen functional groups attached to an aromatic ring is 1. The van der Waals surface area contributed by atoms with Gasteiger partial charge in [0.15, 0.2) is 11.6 Å². The van der Waals surface area contributed by atoms with Crippen molar-refractivity contribution in [3.63, 3.8) is 0 Å². The topological polar surface area (TPSA) is 43.8 Å². The van der Waals surface area contributed by atoms with Crippen LogP contribution in [0.3, 0.4) is 0 Å². The van der Waals surface area contributed by atoms with Crippen molar-refractivity contribution in [1.29, 1.82) is 0 Å². The zero-order valence-corrected chi connectivity index (χ0v) is 12.0. The summed E-state index contributed by atoms with van der Waals surface area (Å²) >= 11 is 1.90. The van der Waals surface area contributed by atoms with Gasteiger partial charge in [-0.05, 0) is 52.9 Å². The summed E-state index contributed by atoms with van der Waals surface area (Å²) in [6.07, 6.45) is 0. The SMILES string of the molecule is Nc1nc2ccc(F)c(F)c2n1-c1ccc(F)cc1I. The molecule has 1 heterocycles. The van der Waals surface area contributed by atoms with E-state index in [1.165, 1.54) is 28.8 Å². The van der Waals surface area contributed by atoms with Gasteiger partial charge in [0, 0.05) is 3.57 Å². The molecule has 102 valence electrons. The van der Waals surface area contributed by atoms with Gasteiger partial charge in [0.2, 0.25) is 5.95 Å². The fraction of sp³-hybridized carbons (Fsp3) is 0. The van der Waals surface area contributed by atoms with Gasteiger partial charge >= 0.3 is 0 Å². The lowest BCUT2D eigenvalue weighted by molar-refractivity contribution is 0.514. The monoisotopic (exact) mass is 389 g/mol. The highest BCUT2D eigenvalue weighted by Gasteiger charge is 2.18. The quantitative estimate of drug-likeness (QED) is 0.647. The lowest BCUT2D eigenvalue weighted by Crippen LogP contribution is -2.04. The number of benzene rings is 2. The van der Waals surface area contributed by atoms with Gasteiger partial charge in [0.1, 0.15) is 11.3 Å². The van der Waals surface area contributed by atoms with Crippen LogP contribution >= 0.6 is 22.6 Å². The lowest BCUT2D eigenvalue weighted by atomic mass is 10.2. The number of nitrogens with two attached hydrogens (primary N) is 1. The van der Waals surface area contributed by atoms with Gasteiger partial charge in [-0.25, -0.2) is 18.2 Å². The molecule has 0 saturated heterocycles. The molecule has 3 rings (SSSR count). The van der Waals surface area contributed by atoms with Gasteiger partial charge in [-0.3, -0.25) is 4.57 Å². The van der Waals surface area contributed by atoms with Crippen LogP contribution in [0, 0.1) is 21.0 Å². The summed E-state index contributed by atoms with van der Waals surface area (Å²) in [5, 5.41) is 0. The first-order valence-corrected chi connectivity index (χ1v) is 6.64. The lowest BCUT2D eigenvalue weighted by Gasteiger charge is -2.09. The molecule has 7 heteroatoms. The van der Waals surface area contributed by atoms with Crippen LogP contribution in [0.4, 0.5) is 19.1 Å². The fourth-order valence-corrected chi connectivity index (χ4v) is 2.75. The maximum Gasteiger partial charge on any atom is 0.206 e. The molecule has 0 aliphatic heterocycles. The Balaban J connectivity index is 2.41. The number of halogens is 4. The maximum atomic E-state index is 14.0. The number of hydrogen-bond acceptors (Lipinski definition) is 2. The third-order valence-corrected chi connectivity index (χ3v) is 3.75. The molecular formula is C13H7F3IN3. The second-order valence-electron chi connectivity index (χ2n) is 4.13. The van der Waals surface area contributed by atoms with Crippen LogP contribution < -0.4 is 5.73 Å². The number of anilines is 1. The minimum atomic E-state index is -1.04. The highest BCUT2D eigenvalue weighted by Crippen LogP contribution is 2.29. The molecule has 2 N–H and O–H groups in total. The van der Waals surface area contributed by atoms with Crippen LogP contribution in [-0.4, -0.2) is 9.55 Å². The molecule has 0 aliphatic carbocycles. The van der Waals surface area contributed by atoms with Crippen molar-refractivity contribution in [1.82, 2.24) is 9.55 Å². The number of imidazole rings is 1. The van der Waals surface area contributed by atoms with E-state index in [9.17, 15) is 13.2 Å². The molecule has 3 aromatic rings. The number of nitrogens with zero attached hydrogens (tertiary/aromatic N) is 2. The van der Waals surface area contributed by atoms with Gasteiger partial charge in [-0.1, -0.05) is 0 Å². The van der Waals surface area contributed by atoms with Crippen LogP contribution in [0.1, 0.15) is 0 Å². The third-order valence-electron chi connectivity index (χ3n) is 2.89. The first kappa shape index (κ1) is 13.2. The van der Waals surface area contributed by atoms with Crippen molar-refractivity contribution in [3.8, 4) is 5.69 Å². The van der Waals surface area contributed by atoms with E-state index >= 15 is 0 Å². The highest BCUT2D eigenvalue weighted by molar-refractivity contribution is 14.1. The Bertz CT molecular complexity index is 829. The minimum Gasteiger partial charge on any atom is -0.369 e. The molecule has 0 amide bonds. The van der Waals surface area contributed by atoms with E-state index in [1.807, 2.05) is 22.6 Å². The van der Waals surface area contributed by atoms with E-state index in [-0.39, 0.29) is 17.0 Å². The van der Waals surface area contributed by atoms with Crippen LogP contribution in [0.2, 0.25) is 0 Å². The summed E-state index contributed by atoms with van der Waals surface area (Å²) in [6, 6.07) is 6.28. The average molecular weight is 389 g/mol. The minimum absolute atomic E-state index is 0.00836. The predicted molar refractivity (Wildman–Crippen MR) is 78.1 cm³/mol. The van der Waals surface area contributed by atoms with Crippen molar-refractivity contribution in [2.45, 2.75) is 0 Å². The van der Waals surface area contributed by atoms with Crippen LogP contribution in [0.25, 0.3) is 16.7 Å². The Morgan fingerprint density at radius 3 is 2.55 bits per heavy atom. The molecule has 0 radical (unpaired) electrons. The molecule has 0 unspecified atom stereocenters. The Morgan fingerprint density at radius 2 is 1.85 bits per heavy atom. The van der Waals surface area contributed by atoms with E-state index in [0.717, 1.165) is 6.07 Å². The molecule has 2 aromatic carbocycles. The number of hydrogen-bond donors (Lipinski definition) is 1. The summed E-state index contributed by atoms with van der Waals surface area (Å²) in [5.41, 5.74) is 6.39. The Hall–Kier alpha value is -1.77. The molecule has 3 nitrogen and oxygen atoms in total. The Labute approximate surface area is 125 Å². The van der Waals surface area contributed by atoms with E-state index in [2.05, 4.69) is 4.98 Å². The van der Waals surface area contributed by atoms with Gasteiger partial charge in [0.05, 0.1) is 11.2 Å². The van der Waals surface area contributed by atoms with Crippen LogP contribution in [-0.2, 0) is 0 Å². The first-order chi connectivity index (χ1) is 9.49. The van der Waals surface area contributed by atoms with E-state index in [1.54, 1.807) is 0 Å². The van der Waals surface area contributed by atoms with Crippen molar-refractivity contribution < 1.29 is 13.2 Å². The van der Waals surface area contributed by atoms with Gasteiger partial charge in [-0.15, -0.1) is 0 Å². The number of fused-ring (bicyclic) bond motifs is 1. The second-order valence-corrected chi connectivity index (χ2v) is 5.29. The smallest absolute Gasteiger partial charge is 0.206 e. The van der Waals surface area contributed by atoms with E-state index < -0.39 is 17.5 Å². The molecule has 0 saturated carbocycles. The average Bonchev–Trinajstić information content (AvgIpc) is 2.72. The molecule has 1 aromatic heterocycles.